The van der Waals surface area contributed by atoms with Gasteiger partial charge in [-0.1, -0.05) is 22.0 Å². The molecular formula is C18H22BrN3O5. The van der Waals surface area contributed by atoms with E-state index in [1.807, 2.05) is 0 Å². The van der Waals surface area contributed by atoms with Crippen LogP contribution in [0.25, 0.3) is 0 Å². The monoisotopic (exact) mass is 439 g/mol. The van der Waals surface area contributed by atoms with Crippen LogP contribution in [0, 0.1) is 5.41 Å². The van der Waals surface area contributed by atoms with Crippen molar-refractivity contribution in [3.63, 3.8) is 0 Å². The molecule has 2 atom stereocenters. The minimum Gasteiger partial charge on any atom is -0.380 e. The van der Waals surface area contributed by atoms with Gasteiger partial charge < -0.3 is 25.7 Å². The molecule has 4 N–H and O–H groups in total. The predicted octanol–water partition coefficient (Wildman–Crippen LogP) is 0.238. The summed E-state index contributed by atoms with van der Waals surface area (Å²) in [6.07, 6.45) is -1.98. The first-order valence-corrected chi connectivity index (χ1v) is 9.61. The van der Waals surface area contributed by atoms with E-state index in [9.17, 15) is 24.6 Å². The number of likely N-dealkylation sites (tertiary alicyclic amines) is 1. The summed E-state index contributed by atoms with van der Waals surface area (Å²) in [6, 6.07) is 6.74. The van der Waals surface area contributed by atoms with Crippen LogP contribution in [0.3, 0.4) is 0 Å². The van der Waals surface area contributed by atoms with E-state index in [1.54, 1.807) is 24.3 Å². The Morgan fingerprint density at radius 1 is 1.19 bits per heavy atom. The molecule has 27 heavy (non-hydrogen) atoms. The molecule has 146 valence electrons. The van der Waals surface area contributed by atoms with Crippen LogP contribution in [0.2, 0.25) is 0 Å². The maximum Gasteiger partial charge on any atom is 0.256 e. The highest BCUT2D eigenvalue weighted by Gasteiger charge is 2.46. The van der Waals surface area contributed by atoms with Crippen molar-refractivity contribution in [3.8, 4) is 0 Å². The first-order valence-electron chi connectivity index (χ1n) is 8.82. The SMILES string of the molecule is O=C(Nc1cccc(Br)c1)[C@H](O)[C@@H](O)C(=O)N1CCC2(CCNC2=O)CC1. The second-order valence-electron chi connectivity index (χ2n) is 7.00. The maximum atomic E-state index is 12.5. The fourth-order valence-corrected chi connectivity index (χ4v) is 4.00. The molecule has 2 aliphatic rings. The van der Waals surface area contributed by atoms with Gasteiger partial charge in [0, 0.05) is 29.8 Å². The Labute approximate surface area is 165 Å². The van der Waals surface area contributed by atoms with Gasteiger partial charge in [-0.15, -0.1) is 0 Å². The van der Waals surface area contributed by atoms with E-state index in [0.29, 0.717) is 38.2 Å². The lowest BCUT2D eigenvalue weighted by atomic mass is 9.77. The molecule has 9 heteroatoms. The van der Waals surface area contributed by atoms with Gasteiger partial charge in [-0.05, 0) is 37.5 Å². The Kier molecular flexibility index (Phi) is 5.83. The van der Waals surface area contributed by atoms with Crippen LogP contribution in [0.4, 0.5) is 5.69 Å². The van der Waals surface area contributed by atoms with E-state index < -0.39 is 29.4 Å². The molecule has 0 unspecified atom stereocenters. The predicted molar refractivity (Wildman–Crippen MR) is 101 cm³/mol. The molecule has 8 nitrogen and oxygen atoms in total. The number of carbonyl (C=O) groups is 3. The van der Waals surface area contributed by atoms with E-state index >= 15 is 0 Å². The van der Waals surface area contributed by atoms with Crippen LogP contribution in [0.5, 0.6) is 0 Å². The molecule has 2 fully saturated rings. The third-order valence-corrected chi connectivity index (χ3v) is 5.81. The highest BCUT2D eigenvalue weighted by atomic mass is 79.9. The van der Waals surface area contributed by atoms with Gasteiger partial charge in [0.15, 0.2) is 12.2 Å². The summed E-state index contributed by atoms with van der Waals surface area (Å²) in [5.41, 5.74) is -0.00135. The number of aliphatic hydroxyl groups is 2. The van der Waals surface area contributed by atoms with Crippen molar-refractivity contribution in [3.05, 3.63) is 28.7 Å². The third kappa shape index (κ3) is 4.15. The molecule has 0 aromatic heterocycles. The molecule has 0 bridgehead atoms. The second kappa shape index (κ2) is 7.95. The van der Waals surface area contributed by atoms with Gasteiger partial charge in [0.2, 0.25) is 5.91 Å². The molecule has 1 aromatic carbocycles. The van der Waals surface area contributed by atoms with Crippen LogP contribution in [-0.4, -0.2) is 64.7 Å². The molecule has 0 radical (unpaired) electrons. The zero-order valence-electron chi connectivity index (χ0n) is 14.7. The average molecular weight is 440 g/mol. The number of hydrogen-bond acceptors (Lipinski definition) is 5. The Balaban J connectivity index is 1.56. The molecule has 2 saturated heterocycles. The van der Waals surface area contributed by atoms with E-state index in [1.165, 1.54) is 4.90 Å². The standard InChI is InChI=1S/C18H22BrN3O5/c19-11-2-1-3-12(10-11)21-15(25)13(23)14(24)16(26)22-8-5-18(6-9-22)4-7-20-17(18)27/h1-3,10,13-14,23-24H,4-9H2,(H,20,27)(H,21,25)/t13-,14-/m1/s1. The summed E-state index contributed by atoms with van der Waals surface area (Å²) < 4.78 is 0.740. The number of anilines is 1. The zero-order valence-corrected chi connectivity index (χ0v) is 16.2. The van der Waals surface area contributed by atoms with Crippen LogP contribution in [0.15, 0.2) is 28.7 Å². The van der Waals surface area contributed by atoms with E-state index in [2.05, 4.69) is 26.6 Å². The lowest BCUT2D eigenvalue weighted by Crippen LogP contribution is -2.53. The van der Waals surface area contributed by atoms with Crippen molar-refractivity contribution in [2.45, 2.75) is 31.5 Å². The van der Waals surface area contributed by atoms with Gasteiger partial charge in [0.25, 0.3) is 11.8 Å². The van der Waals surface area contributed by atoms with Crippen LogP contribution >= 0.6 is 15.9 Å². The molecule has 2 heterocycles. The minimum atomic E-state index is -1.89. The minimum absolute atomic E-state index is 0.0172. The molecule has 3 amide bonds. The number of amides is 3. The fraction of sp³-hybridized carbons (Fsp3) is 0.500. The van der Waals surface area contributed by atoms with Crippen LogP contribution in [0.1, 0.15) is 19.3 Å². The summed E-state index contributed by atoms with van der Waals surface area (Å²) in [7, 11) is 0. The normalized spacial score (nSPS) is 20.9. The van der Waals surface area contributed by atoms with Gasteiger partial charge >= 0.3 is 0 Å². The molecule has 2 aliphatic heterocycles. The van der Waals surface area contributed by atoms with Crippen molar-refractivity contribution >= 4 is 39.3 Å². The zero-order chi connectivity index (χ0) is 19.6. The van der Waals surface area contributed by atoms with Crippen molar-refractivity contribution in [2.75, 3.05) is 25.0 Å². The van der Waals surface area contributed by atoms with E-state index in [0.717, 1.165) is 10.9 Å². The molecule has 1 spiro atoms. The smallest absolute Gasteiger partial charge is 0.256 e. The second-order valence-corrected chi connectivity index (χ2v) is 7.92. The lowest BCUT2D eigenvalue weighted by molar-refractivity contribution is -0.154. The molecular weight excluding hydrogens is 418 g/mol. The number of benzene rings is 1. The van der Waals surface area contributed by atoms with E-state index in [-0.39, 0.29) is 5.91 Å². The summed E-state index contributed by atoms with van der Waals surface area (Å²) >= 11 is 3.27. The topological polar surface area (TPSA) is 119 Å². The Bertz CT molecular complexity index is 748. The van der Waals surface area contributed by atoms with Gasteiger partial charge in [-0.2, -0.15) is 0 Å². The fourth-order valence-electron chi connectivity index (χ4n) is 3.60. The highest BCUT2D eigenvalue weighted by Crippen LogP contribution is 2.38. The average Bonchev–Trinajstić information content (AvgIpc) is 3.00. The summed E-state index contributed by atoms with van der Waals surface area (Å²) in [6.45, 7) is 1.26. The van der Waals surface area contributed by atoms with Crippen LogP contribution in [-0.2, 0) is 14.4 Å². The summed E-state index contributed by atoms with van der Waals surface area (Å²) in [5.74, 6) is -1.55. The Morgan fingerprint density at radius 3 is 2.48 bits per heavy atom. The Hall–Kier alpha value is -1.97. The summed E-state index contributed by atoms with van der Waals surface area (Å²) in [4.78, 5) is 38.0. The van der Waals surface area contributed by atoms with Crippen molar-refractivity contribution in [1.29, 1.82) is 0 Å². The number of aliphatic hydroxyl groups excluding tert-OH is 2. The number of piperidine rings is 1. The number of halogens is 1. The maximum absolute atomic E-state index is 12.5. The number of rotatable bonds is 4. The number of nitrogens with zero attached hydrogens (tertiary/aromatic N) is 1. The molecule has 3 rings (SSSR count). The molecule has 0 aliphatic carbocycles. The van der Waals surface area contributed by atoms with Crippen molar-refractivity contribution in [2.24, 2.45) is 5.41 Å². The van der Waals surface area contributed by atoms with Crippen LogP contribution < -0.4 is 10.6 Å². The quantitative estimate of drug-likeness (QED) is 0.535. The van der Waals surface area contributed by atoms with Gasteiger partial charge in [0.1, 0.15) is 0 Å². The third-order valence-electron chi connectivity index (χ3n) is 5.32. The number of nitrogens with one attached hydrogen (secondary N) is 2. The molecule has 0 saturated carbocycles. The summed E-state index contributed by atoms with van der Waals surface area (Å²) in [5, 5.41) is 25.5. The number of carbonyl (C=O) groups excluding carboxylic acids is 3. The largest absolute Gasteiger partial charge is 0.380 e. The highest BCUT2D eigenvalue weighted by molar-refractivity contribution is 9.10. The van der Waals surface area contributed by atoms with E-state index in [4.69, 9.17) is 0 Å². The lowest BCUT2D eigenvalue weighted by Gasteiger charge is -2.38. The van der Waals surface area contributed by atoms with Gasteiger partial charge in [0.05, 0.1) is 5.41 Å². The van der Waals surface area contributed by atoms with Gasteiger partial charge in [-0.25, -0.2) is 0 Å². The molecule has 1 aromatic rings. The number of hydrogen-bond donors (Lipinski definition) is 4. The first kappa shape index (κ1) is 19.8. The first-order chi connectivity index (χ1) is 12.8. The Morgan fingerprint density at radius 2 is 1.89 bits per heavy atom. The van der Waals surface area contributed by atoms with Gasteiger partial charge in [-0.3, -0.25) is 14.4 Å². The van der Waals surface area contributed by atoms with Crippen molar-refractivity contribution < 1.29 is 24.6 Å². The van der Waals surface area contributed by atoms with Crippen molar-refractivity contribution in [1.82, 2.24) is 10.2 Å².